The molecule has 0 radical (unpaired) electrons. The molecular formula is C16H20N2O2. The predicted octanol–water partition coefficient (Wildman–Crippen LogP) is 1.82. The summed E-state index contributed by atoms with van der Waals surface area (Å²) >= 11 is 0. The first-order valence-corrected chi connectivity index (χ1v) is 7.34. The lowest BCUT2D eigenvalue weighted by molar-refractivity contribution is -0.140. The molecule has 2 unspecified atom stereocenters. The van der Waals surface area contributed by atoms with Gasteiger partial charge in [-0.15, -0.1) is 0 Å². The highest BCUT2D eigenvalue weighted by molar-refractivity contribution is 6.05. The van der Waals surface area contributed by atoms with Gasteiger partial charge >= 0.3 is 0 Å². The summed E-state index contributed by atoms with van der Waals surface area (Å²) < 4.78 is 0. The molecule has 1 heterocycles. The summed E-state index contributed by atoms with van der Waals surface area (Å²) in [6, 6.07) is 7.80. The molecule has 106 valence electrons. The molecule has 2 amide bonds. The Labute approximate surface area is 118 Å². The maximum absolute atomic E-state index is 12.4. The van der Waals surface area contributed by atoms with Crippen molar-refractivity contribution in [2.75, 3.05) is 0 Å². The van der Waals surface area contributed by atoms with E-state index < -0.39 is 0 Å². The molecule has 2 fully saturated rings. The van der Waals surface area contributed by atoms with E-state index in [0.717, 1.165) is 36.8 Å². The van der Waals surface area contributed by atoms with Crippen LogP contribution in [0.2, 0.25) is 0 Å². The minimum atomic E-state index is -0.0560. The number of likely N-dealkylation sites (tertiary alicyclic amines) is 1. The van der Waals surface area contributed by atoms with Gasteiger partial charge in [-0.05, 0) is 24.0 Å². The number of nitrogens with two attached hydrogens (primary N) is 1. The van der Waals surface area contributed by atoms with Crippen LogP contribution in [-0.4, -0.2) is 16.7 Å². The van der Waals surface area contributed by atoms with Crippen molar-refractivity contribution in [2.45, 2.75) is 38.8 Å². The number of fused-ring (bicyclic) bond motifs is 1. The van der Waals surface area contributed by atoms with Crippen LogP contribution < -0.4 is 5.73 Å². The van der Waals surface area contributed by atoms with Crippen molar-refractivity contribution >= 4 is 11.8 Å². The average Bonchev–Trinajstić information content (AvgIpc) is 2.74. The average molecular weight is 272 g/mol. The highest BCUT2D eigenvalue weighted by Gasteiger charge is 2.47. The van der Waals surface area contributed by atoms with Crippen molar-refractivity contribution in [1.29, 1.82) is 0 Å². The third kappa shape index (κ3) is 2.24. The second kappa shape index (κ2) is 5.37. The van der Waals surface area contributed by atoms with E-state index in [4.69, 9.17) is 5.73 Å². The molecule has 2 atom stereocenters. The normalized spacial score (nSPS) is 25.9. The van der Waals surface area contributed by atoms with Crippen molar-refractivity contribution in [3.8, 4) is 0 Å². The lowest BCUT2D eigenvalue weighted by Crippen LogP contribution is -2.30. The summed E-state index contributed by atoms with van der Waals surface area (Å²) in [7, 11) is 0. The quantitative estimate of drug-likeness (QED) is 0.854. The van der Waals surface area contributed by atoms with Gasteiger partial charge in [-0.2, -0.15) is 0 Å². The number of carbonyl (C=O) groups excluding carboxylic acids is 2. The Morgan fingerprint density at radius 2 is 1.45 bits per heavy atom. The van der Waals surface area contributed by atoms with Crippen LogP contribution in [0.15, 0.2) is 24.3 Å². The first kappa shape index (κ1) is 13.3. The van der Waals surface area contributed by atoms with E-state index in [1.54, 1.807) is 0 Å². The largest absolute Gasteiger partial charge is 0.326 e. The zero-order valence-electron chi connectivity index (χ0n) is 11.5. The van der Waals surface area contributed by atoms with Gasteiger partial charge < -0.3 is 5.73 Å². The minimum Gasteiger partial charge on any atom is -0.326 e. The molecule has 1 aromatic carbocycles. The zero-order valence-corrected chi connectivity index (χ0v) is 11.5. The van der Waals surface area contributed by atoms with E-state index in [1.165, 1.54) is 4.90 Å². The second-order valence-corrected chi connectivity index (χ2v) is 5.78. The van der Waals surface area contributed by atoms with Crippen LogP contribution in [0.4, 0.5) is 0 Å². The molecule has 3 rings (SSSR count). The Balaban J connectivity index is 1.76. The van der Waals surface area contributed by atoms with Crippen LogP contribution in [-0.2, 0) is 22.7 Å². The number of rotatable bonds is 3. The monoisotopic (exact) mass is 272 g/mol. The van der Waals surface area contributed by atoms with Gasteiger partial charge in [0.05, 0.1) is 18.4 Å². The van der Waals surface area contributed by atoms with Crippen LogP contribution in [0.25, 0.3) is 0 Å². The van der Waals surface area contributed by atoms with Crippen LogP contribution in [0, 0.1) is 11.8 Å². The number of imide groups is 1. The Morgan fingerprint density at radius 3 is 1.95 bits per heavy atom. The summed E-state index contributed by atoms with van der Waals surface area (Å²) in [5.74, 6) is -0.0515. The van der Waals surface area contributed by atoms with Gasteiger partial charge in [-0.1, -0.05) is 37.1 Å². The summed E-state index contributed by atoms with van der Waals surface area (Å²) in [6.45, 7) is 0.904. The van der Waals surface area contributed by atoms with Gasteiger partial charge in [0.25, 0.3) is 0 Å². The first-order chi connectivity index (χ1) is 9.70. The van der Waals surface area contributed by atoms with Gasteiger partial charge in [-0.25, -0.2) is 0 Å². The number of carbonyl (C=O) groups is 2. The summed E-state index contributed by atoms with van der Waals surface area (Å²) in [6.07, 6.45) is 3.88. The molecule has 20 heavy (non-hydrogen) atoms. The molecule has 1 aromatic rings. The van der Waals surface area contributed by atoms with Crippen LogP contribution in [0.5, 0.6) is 0 Å². The van der Waals surface area contributed by atoms with Gasteiger partial charge in [0, 0.05) is 6.54 Å². The molecule has 0 spiro atoms. The van der Waals surface area contributed by atoms with Crippen molar-refractivity contribution in [3.63, 3.8) is 0 Å². The lowest BCUT2D eigenvalue weighted by atomic mass is 9.81. The smallest absolute Gasteiger partial charge is 0.233 e. The fourth-order valence-electron chi connectivity index (χ4n) is 3.35. The SMILES string of the molecule is NCc1ccc(CN2C(=O)C3CCCCC3C2=O)cc1. The van der Waals surface area contributed by atoms with Gasteiger partial charge in [-0.3, -0.25) is 14.5 Å². The second-order valence-electron chi connectivity index (χ2n) is 5.78. The minimum absolute atomic E-state index is 0.0302. The van der Waals surface area contributed by atoms with E-state index in [9.17, 15) is 9.59 Å². The van der Waals surface area contributed by atoms with E-state index in [1.807, 2.05) is 24.3 Å². The molecule has 1 saturated carbocycles. The molecule has 2 N–H and O–H groups in total. The Hall–Kier alpha value is -1.68. The third-order valence-electron chi connectivity index (χ3n) is 4.53. The highest BCUT2D eigenvalue weighted by Crippen LogP contribution is 2.38. The van der Waals surface area contributed by atoms with Crippen molar-refractivity contribution in [1.82, 2.24) is 4.90 Å². The van der Waals surface area contributed by atoms with Crippen LogP contribution in [0.3, 0.4) is 0 Å². The maximum atomic E-state index is 12.4. The maximum Gasteiger partial charge on any atom is 0.233 e. The van der Waals surface area contributed by atoms with E-state index in [2.05, 4.69) is 0 Å². The fourth-order valence-corrected chi connectivity index (χ4v) is 3.35. The molecule has 0 bridgehead atoms. The summed E-state index contributed by atoms with van der Waals surface area (Å²) in [4.78, 5) is 26.2. The topological polar surface area (TPSA) is 63.4 Å². The number of nitrogens with zero attached hydrogens (tertiary/aromatic N) is 1. The Bertz CT molecular complexity index is 500. The van der Waals surface area contributed by atoms with E-state index >= 15 is 0 Å². The molecule has 1 aliphatic heterocycles. The van der Waals surface area contributed by atoms with Crippen molar-refractivity contribution < 1.29 is 9.59 Å². The molecule has 2 aliphatic rings. The van der Waals surface area contributed by atoms with Crippen molar-refractivity contribution in [3.05, 3.63) is 35.4 Å². The number of amides is 2. The fraction of sp³-hybridized carbons (Fsp3) is 0.500. The molecule has 4 heteroatoms. The van der Waals surface area contributed by atoms with Crippen LogP contribution >= 0.6 is 0 Å². The summed E-state index contributed by atoms with van der Waals surface area (Å²) in [5.41, 5.74) is 7.61. The van der Waals surface area contributed by atoms with Gasteiger partial charge in [0.1, 0.15) is 0 Å². The lowest BCUT2D eigenvalue weighted by Gasteiger charge is -2.19. The molecule has 1 aliphatic carbocycles. The summed E-state index contributed by atoms with van der Waals surface area (Å²) in [5, 5.41) is 0. The highest BCUT2D eigenvalue weighted by atomic mass is 16.2. The number of benzene rings is 1. The molecule has 4 nitrogen and oxygen atoms in total. The molecule has 0 aromatic heterocycles. The van der Waals surface area contributed by atoms with Crippen LogP contribution in [0.1, 0.15) is 36.8 Å². The standard InChI is InChI=1S/C16H20N2O2/c17-9-11-5-7-12(8-6-11)10-18-15(19)13-3-1-2-4-14(13)16(18)20/h5-8,13-14H,1-4,9-10,17H2. The van der Waals surface area contributed by atoms with E-state index in [-0.39, 0.29) is 23.7 Å². The molecule has 1 saturated heterocycles. The molecular weight excluding hydrogens is 252 g/mol. The van der Waals surface area contributed by atoms with E-state index in [0.29, 0.717) is 13.1 Å². The Kier molecular flexibility index (Phi) is 3.57. The zero-order chi connectivity index (χ0) is 14.1. The third-order valence-corrected chi connectivity index (χ3v) is 4.53. The van der Waals surface area contributed by atoms with Gasteiger partial charge in [0.2, 0.25) is 11.8 Å². The van der Waals surface area contributed by atoms with Crippen molar-refractivity contribution in [2.24, 2.45) is 17.6 Å². The first-order valence-electron chi connectivity index (χ1n) is 7.34. The number of hydrogen-bond acceptors (Lipinski definition) is 3. The Morgan fingerprint density at radius 1 is 0.950 bits per heavy atom. The van der Waals surface area contributed by atoms with Gasteiger partial charge in [0.15, 0.2) is 0 Å². The number of hydrogen-bond donors (Lipinski definition) is 1. The predicted molar refractivity (Wildman–Crippen MR) is 75.3 cm³/mol.